The molecule has 7 heteroatoms. The largest absolute Gasteiger partial charge is 0.391 e. The number of aliphatic hydroxyl groups is 1. The second kappa shape index (κ2) is 6.77. The minimum absolute atomic E-state index is 0. The summed E-state index contributed by atoms with van der Waals surface area (Å²) in [6.45, 7) is 6.69. The van der Waals surface area contributed by atoms with E-state index in [0.717, 1.165) is 11.4 Å². The molecular formula is C14H25ClN4O2. The van der Waals surface area contributed by atoms with E-state index in [9.17, 15) is 9.90 Å². The number of rotatable bonds is 3. The van der Waals surface area contributed by atoms with Gasteiger partial charge in [0.2, 0.25) is 5.91 Å². The summed E-state index contributed by atoms with van der Waals surface area (Å²) < 4.78 is 0. The van der Waals surface area contributed by atoms with Crippen molar-refractivity contribution in [2.75, 3.05) is 0 Å². The molecule has 120 valence electrons. The standard InChI is InChI=1S/C14H24N4O2.ClH/c1-14(2,3)12-6-9(17-18-12)7-16-13(20)8-4-10(15)11(19)5-8;/h6,8,10-11,19H,4-5,7,15H2,1-3H3,(H,16,20)(H,17,18);1H/t8-,10-,11-;/m0./s1. The van der Waals surface area contributed by atoms with Crippen LogP contribution >= 0.6 is 12.4 Å². The van der Waals surface area contributed by atoms with Gasteiger partial charge in [-0.15, -0.1) is 12.4 Å². The Bertz CT molecular complexity index is 474. The van der Waals surface area contributed by atoms with Gasteiger partial charge in [-0.05, 0) is 18.9 Å². The van der Waals surface area contributed by atoms with Crippen molar-refractivity contribution in [3.05, 3.63) is 17.5 Å². The van der Waals surface area contributed by atoms with Crippen LogP contribution in [0.1, 0.15) is 45.0 Å². The smallest absolute Gasteiger partial charge is 0.223 e. The van der Waals surface area contributed by atoms with E-state index in [1.807, 2.05) is 6.07 Å². The highest BCUT2D eigenvalue weighted by molar-refractivity contribution is 5.85. The summed E-state index contributed by atoms with van der Waals surface area (Å²) in [5, 5.41) is 19.6. The average Bonchev–Trinajstić information content (AvgIpc) is 2.94. The highest BCUT2D eigenvalue weighted by Crippen LogP contribution is 2.25. The fourth-order valence-corrected chi connectivity index (χ4v) is 2.43. The van der Waals surface area contributed by atoms with Gasteiger partial charge >= 0.3 is 0 Å². The lowest BCUT2D eigenvalue weighted by Gasteiger charge is -2.13. The summed E-state index contributed by atoms with van der Waals surface area (Å²) >= 11 is 0. The lowest BCUT2D eigenvalue weighted by molar-refractivity contribution is -0.125. The van der Waals surface area contributed by atoms with Gasteiger partial charge in [-0.1, -0.05) is 20.8 Å². The van der Waals surface area contributed by atoms with Crippen LogP contribution in [-0.4, -0.2) is 33.4 Å². The molecule has 0 saturated heterocycles. The molecule has 0 spiro atoms. The first-order chi connectivity index (χ1) is 9.27. The number of carbonyl (C=O) groups excluding carboxylic acids is 1. The maximum atomic E-state index is 12.0. The van der Waals surface area contributed by atoms with E-state index in [2.05, 4.69) is 36.3 Å². The number of carbonyl (C=O) groups is 1. The predicted molar refractivity (Wildman–Crippen MR) is 83.1 cm³/mol. The molecule has 2 rings (SSSR count). The number of nitrogens with two attached hydrogens (primary N) is 1. The second-order valence-corrected chi connectivity index (χ2v) is 6.65. The van der Waals surface area contributed by atoms with Crippen LogP contribution in [0.25, 0.3) is 0 Å². The lowest BCUT2D eigenvalue weighted by atomic mass is 9.92. The average molecular weight is 317 g/mol. The zero-order chi connectivity index (χ0) is 14.9. The van der Waals surface area contributed by atoms with Gasteiger partial charge in [0.1, 0.15) is 0 Å². The summed E-state index contributed by atoms with van der Waals surface area (Å²) in [4.78, 5) is 12.0. The van der Waals surface area contributed by atoms with E-state index in [1.165, 1.54) is 0 Å². The highest BCUT2D eigenvalue weighted by Gasteiger charge is 2.34. The number of nitrogens with zero attached hydrogens (tertiary/aromatic N) is 1. The molecule has 1 aliphatic rings. The van der Waals surface area contributed by atoms with Gasteiger partial charge in [0.05, 0.1) is 24.0 Å². The maximum Gasteiger partial charge on any atom is 0.223 e. The molecule has 1 amide bonds. The van der Waals surface area contributed by atoms with Gasteiger partial charge in [-0.3, -0.25) is 9.89 Å². The number of halogens is 1. The Morgan fingerprint density at radius 1 is 1.52 bits per heavy atom. The fraction of sp³-hybridized carbons (Fsp3) is 0.714. The summed E-state index contributed by atoms with van der Waals surface area (Å²) in [5.74, 6) is -0.242. The molecule has 1 saturated carbocycles. The monoisotopic (exact) mass is 316 g/mol. The molecule has 0 radical (unpaired) electrons. The Balaban J connectivity index is 0.00000220. The third-order valence-electron chi connectivity index (χ3n) is 3.80. The molecule has 1 aliphatic carbocycles. The van der Waals surface area contributed by atoms with E-state index in [1.54, 1.807) is 0 Å². The van der Waals surface area contributed by atoms with Crippen LogP contribution in [0.2, 0.25) is 0 Å². The number of hydrogen-bond acceptors (Lipinski definition) is 4. The molecule has 6 nitrogen and oxygen atoms in total. The van der Waals surface area contributed by atoms with Crippen molar-refractivity contribution in [1.29, 1.82) is 0 Å². The predicted octanol–water partition coefficient (Wildman–Crippen LogP) is 0.843. The molecule has 0 unspecified atom stereocenters. The van der Waals surface area contributed by atoms with Crippen molar-refractivity contribution in [3.63, 3.8) is 0 Å². The number of aliphatic hydroxyl groups excluding tert-OH is 1. The van der Waals surface area contributed by atoms with E-state index < -0.39 is 6.10 Å². The molecule has 5 N–H and O–H groups in total. The van der Waals surface area contributed by atoms with Crippen LogP contribution in [-0.2, 0) is 16.8 Å². The summed E-state index contributed by atoms with van der Waals surface area (Å²) in [5.41, 5.74) is 7.56. The molecule has 0 aromatic carbocycles. The van der Waals surface area contributed by atoms with Gasteiger partial charge in [0, 0.05) is 17.4 Å². The Morgan fingerprint density at radius 2 is 2.19 bits per heavy atom. The molecular weight excluding hydrogens is 292 g/mol. The van der Waals surface area contributed by atoms with Crippen LogP contribution in [0, 0.1) is 5.92 Å². The number of nitrogens with one attached hydrogen (secondary N) is 2. The number of aromatic nitrogens is 2. The Morgan fingerprint density at radius 3 is 2.67 bits per heavy atom. The number of aromatic amines is 1. The SMILES string of the molecule is CC(C)(C)c1cc(CNC(=O)[C@H]2C[C@H](N)[C@@H](O)C2)[nH]n1.Cl. The fourth-order valence-electron chi connectivity index (χ4n) is 2.43. The Hall–Kier alpha value is -1.11. The number of amides is 1. The molecule has 1 aromatic rings. The van der Waals surface area contributed by atoms with Crippen LogP contribution in [0.5, 0.6) is 0 Å². The zero-order valence-corrected chi connectivity index (χ0v) is 13.5. The van der Waals surface area contributed by atoms with Crippen molar-refractivity contribution in [1.82, 2.24) is 15.5 Å². The highest BCUT2D eigenvalue weighted by atomic mass is 35.5. The van der Waals surface area contributed by atoms with Gasteiger partial charge in [0.25, 0.3) is 0 Å². The van der Waals surface area contributed by atoms with E-state index in [4.69, 9.17) is 5.73 Å². The first-order valence-electron chi connectivity index (χ1n) is 7.03. The van der Waals surface area contributed by atoms with E-state index >= 15 is 0 Å². The molecule has 3 atom stereocenters. The minimum Gasteiger partial charge on any atom is -0.391 e. The first-order valence-corrected chi connectivity index (χ1v) is 7.03. The Kier molecular flexibility index (Phi) is 5.78. The van der Waals surface area contributed by atoms with Gasteiger partial charge in [-0.2, -0.15) is 5.10 Å². The third-order valence-corrected chi connectivity index (χ3v) is 3.80. The summed E-state index contributed by atoms with van der Waals surface area (Å²) in [6, 6.07) is 1.68. The maximum absolute atomic E-state index is 12.0. The van der Waals surface area contributed by atoms with Crippen LogP contribution < -0.4 is 11.1 Å². The molecule has 1 fully saturated rings. The quantitative estimate of drug-likeness (QED) is 0.663. The van der Waals surface area contributed by atoms with Crippen molar-refractivity contribution in [2.45, 2.75) is 57.7 Å². The topological polar surface area (TPSA) is 104 Å². The van der Waals surface area contributed by atoms with Crippen LogP contribution in [0.3, 0.4) is 0 Å². The van der Waals surface area contributed by atoms with Gasteiger partial charge in [-0.25, -0.2) is 0 Å². The minimum atomic E-state index is -0.564. The van der Waals surface area contributed by atoms with Gasteiger partial charge < -0.3 is 16.2 Å². The molecule has 1 heterocycles. The molecule has 0 aliphatic heterocycles. The second-order valence-electron chi connectivity index (χ2n) is 6.65. The lowest BCUT2D eigenvalue weighted by Crippen LogP contribution is -2.30. The summed E-state index contributed by atoms with van der Waals surface area (Å²) in [7, 11) is 0. The van der Waals surface area contributed by atoms with Gasteiger partial charge in [0.15, 0.2) is 0 Å². The van der Waals surface area contributed by atoms with Crippen LogP contribution in [0.15, 0.2) is 6.07 Å². The number of hydrogen-bond donors (Lipinski definition) is 4. The van der Waals surface area contributed by atoms with E-state index in [-0.39, 0.29) is 35.7 Å². The number of H-pyrrole nitrogens is 1. The van der Waals surface area contributed by atoms with Crippen molar-refractivity contribution in [2.24, 2.45) is 11.7 Å². The van der Waals surface area contributed by atoms with E-state index in [0.29, 0.717) is 19.4 Å². The van der Waals surface area contributed by atoms with Crippen molar-refractivity contribution < 1.29 is 9.90 Å². The molecule has 0 bridgehead atoms. The normalized spacial score (nSPS) is 25.5. The molecule has 21 heavy (non-hydrogen) atoms. The van der Waals surface area contributed by atoms with Crippen LogP contribution in [0.4, 0.5) is 0 Å². The zero-order valence-electron chi connectivity index (χ0n) is 12.7. The van der Waals surface area contributed by atoms with Crippen molar-refractivity contribution >= 4 is 18.3 Å². The van der Waals surface area contributed by atoms with Crippen molar-refractivity contribution in [3.8, 4) is 0 Å². The summed E-state index contributed by atoms with van der Waals surface area (Å²) in [6.07, 6.45) is 0.428. The first kappa shape index (κ1) is 17.9. The third kappa shape index (κ3) is 4.43. The Labute approximate surface area is 131 Å². The molecule has 1 aromatic heterocycles.